The van der Waals surface area contributed by atoms with Gasteiger partial charge in [-0.3, -0.25) is 0 Å². The van der Waals surface area contributed by atoms with Crippen molar-refractivity contribution < 1.29 is 4.74 Å². The summed E-state index contributed by atoms with van der Waals surface area (Å²) >= 11 is 0. The van der Waals surface area contributed by atoms with Crippen LogP contribution in [0.4, 0.5) is 5.69 Å². The molecule has 2 N–H and O–H groups in total. The minimum atomic E-state index is 0.444. The molecule has 0 saturated heterocycles. The van der Waals surface area contributed by atoms with Crippen molar-refractivity contribution in [2.45, 2.75) is 25.9 Å². The van der Waals surface area contributed by atoms with Gasteiger partial charge >= 0.3 is 0 Å². The minimum absolute atomic E-state index is 0.444. The van der Waals surface area contributed by atoms with Gasteiger partial charge in [0.25, 0.3) is 0 Å². The summed E-state index contributed by atoms with van der Waals surface area (Å²) in [6.07, 6.45) is 2.82. The zero-order chi connectivity index (χ0) is 12.5. The molecule has 0 aromatic heterocycles. The molecule has 3 rings (SSSR count). The molecule has 1 saturated carbocycles. The number of nitrogens with two attached hydrogens (primary N) is 1. The normalized spacial score (nSPS) is 14.5. The third kappa shape index (κ3) is 2.33. The fourth-order valence-corrected chi connectivity index (χ4v) is 2.01. The van der Waals surface area contributed by atoms with E-state index in [1.54, 1.807) is 0 Å². The van der Waals surface area contributed by atoms with Crippen LogP contribution in [0.25, 0.3) is 11.1 Å². The molecule has 2 nitrogen and oxygen atoms in total. The monoisotopic (exact) mass is 239 g/mol. The van der Waals surface area contributed by atoms with E-state index < -0.39 is 0 Å². The van der Waals surface area contributed by atoms with Gasteiger partial charge in [0.2, 0.25) is 0 Å². The van der Waals surface area contributed by atoms with Crippen molar-refractivity contribution in [3.63, 3.8) is 0 Å². The molecule has 0 amide bonds. The molecular formula is C16H17NO. The quantitative estimate of drug-likeness (QED) is 0.827. The molecule has 2 aromatic carbocycles. The second kappa shape index (κ2) is 4.37. The van der Waals surface area contributed by atoms with Crippen LogP contribution >= 0.6 is 0 Å². The lowest BCUT2D eigenvalue weighted by atomic mass is 10.0. The zero-order valence-electron chi connectivity index (χ0n) is 10.5. The van der Waals surface area contributed by atoms with E-state index in [1.165, 1.54) is 18.4 Å². The van der Waals surface area contributed by atoms with Gasteiger partial charge in [0.15, 0.2) is 0 Å². The second-order valence-electron chi connectivity index (χ2n) is 4.93. The molecule has 0 spiro atoms. The van der Waals surface area contributed by atoms with Gasteiger partial charge in [0.1, 0.15) is 5.75 Å². The van der Waals surface area contributed by atoms with Crippen LogP contribution in [0.3, 0.4) is 0 Å². The molecule has 1 aliphatic carbocycles. The Labute approximate surface area is 107 Å². The van der Waals surface area contributed by atoms with Crippen LogP contribution in [0.15, 0.2) is 42.5 Å². The molecule has 0 radical (unpaired) electrons. The van der Waals surface area contributed by atoms with Gasteiger partial charge in [-0.05, 0) is 49.6 Å². The van der Waals surface area contributed by atoms with E-state index in [-0.39, 0.29) is 0 Å². The van der Waals surface area contributed by atoms with Gasteiger partial charge in [0.05, 0.1) is 6.10 Å². The smallest absolute Gasteiger partial charge is 0.119 e. The molecular weight excluding hydrogens is 222 g/mol. The van der Waals surface area contributed by atoms with E-state index in [4.69, 9.17) is 10.5 Å². The zero-order valence-corrected chi connectivity index (χ0v) is 10.5. The minimum Gasteiger partial charge on any atom is -0.490 e. The van der Waals surface area contributed by atoms with Gasteiger partial charge in [-0.25, -0.2) is 0 Å². The first-order valence-electron chi connectivity index (χ1n) is 6.35. The lowest BCUT2D eigenvalue weighted by Gasteiger charge is -2.09. The first-order chi connectivity index (χ1) is 8.72. The van der Waals surface area contributed by atoms with Crippen LogP contribution in [-0.4, -0.2) is 6.10 Å². The maximum Gasteiger partial charge on any atom is 0.119 e. The fraction of sp³-hybridized carbons (Fsp3) is 0.250. The SMILES string of the molecule is Cc1ccc(N)c(-c2ccc(OC3CC3)cc2)c1. The van der Waals surface area contributed by atoms with Crippen molar-refractivity contribution >= 4 is 5.69 Å². The van der Waals surface area contributed by atoms with E-state index >= 15 is 0 Å². The molecule has 0 heterocycles. The first kappa shape index (κ1) is 11.1. The van der Waals surface area contributed by atoms with Crippen LogP contribution < -0.4 is 10.5 Å². The van der Waals surface area contributed by atoms with E-state index in [0.717, 1.165) is 22.6 Å². The highest BCUT2D eigenvalue weighted by molar-refractivity contribution is 5.77. The Morgan fingerprint density at radius 1 is 1.06 bits per heavy atom. The Morgan fingerprint density at radius 3 is 2.44 bits per heavy atom. The van der Waals surface area contributed by atoms with Crippen molar-refractivity contribution in [1.29, 1.82) is 0 Å². The van der Waals surface area contributed by atoms with E-state index in [9.17, 15) is 0 Å². The van der Waals surface area contributed by atoms with Crippen LogP contribution in [0.2, 0.25) is 0 Å². The standard InChI is InChI=1S/C16H17NO/c1-11-2-9-16(17)15(10-11)12-3-5-13(6-4-12)18-14-7-8-14/h2-6,9-10,14H,7-8,17H2,1H3. The van der Waals surface area contributed by atoms with Gasteiger partial charge < -0.3 is 10.5 Å². The number of ether oxygens (including phenoxy) is 1. The second-order valence-corrected chi connectivity index (χ2v) is 4.93. The number of anilines is 1. The lowest BCUT2D eigenvalue weighted by Crippen LogP contribution is -1.95. The maximum atomic E-state index is 6.02. The van der Waals surface area contributed by atoms with Crippen molar-refractivity contribution in [3.8, 4) is 16.9 Å². The predicted molar refractivity (Wildman–Crippen MR) is 74.7 cm³/mol. The highest BCUT2D eigenvalue weighted by atomic mass is 16.5. The third-order valence-corrected chi connectivity index (χ3v) is 3.20. The molecule has 0 bridgehead atoms. The molecule has 2 aromatic rings. The Kier molecular flexibility index (Phi) is 2.71. The average Bonchev–Trinajstić information content (AvgIpc) is 3.17. The molecule has 0 unspecified atom stereocenters. The number of benzene rings is 2. The molecule has 1 aliphatic rings. The Balaban J connectivity index is 1.88. The van der Waals surface area contributed by atoms with Crippen molar-refractivity contribution in [2.75, 3.05) is 5.73 Å². The lowest BCUT2D eigenvalue weighted by molar-refractivity contribution is 0.303. The molecule has 1 fully saturated rings. The highest BCUT2D eigenvalue weighted by Crippen LogP contribution is 2.31. The van der Waals surface area contributed by atoms with Crippen molar-refractivity contribution in [2.24, 2.45) is 0 Å². The van der Waals surface area contributed by atoms with Crippen LogP contribution in [0, 0.1) is 6.92 Å². The van der Waals surface area contributed by atoms with Gasteiger partial charge in [-0.1, -0.05) is 23.8 Å². The number of hydrogen-bond donors (Lipinski definition) is 1. The summed E-state index contributed by atoms with van der Waals surface area (Å²) in [7, 11) is 0. The summed E-state index contributed by atoms with van der Waals surface area (Å²) in [5, 5.41) is 0. The summed E-state index contributed by atoms with van der Waals surface area (Å²) < 4.78 is 5.74. The third-order valence-electron chi connectivity index (χ3n) is 3.20. The molecule has 92 valence electrons. The number of hydrogen-bond acceptors (Lipinski definition) is 2. The van der Waals surface area contributed by atoms with Gasteiger partial charge in [0, 0.05) is 11.3 Å². The van der Waals surface area contributed by atoms with Gasteiger partial charge in [-0.15, -0.1) is 0 Å². The number of aryl methyl sites for hydroxylation is 1. The molecule has 2 heteroatoms. The van der Waals surface area contributed by atoms with E-state index in [1.807, 2.05) is 24.3 Å². The highest BCUT2D eigenvalue weighted by Gasteiger charge is 2.23. The maximum absolute atomic E-state index is 6.02. The fourth-order valence-electron chi connectivity index (χ4n) is 2.01. The van der Waals surface area contributed by atoms with Crippen LogP contribution in [0.5, 0.6) is 5.75 Å². The molecule has 18 heavy (non-hydrogen) atoms. The van der Waals surface area contributed by atoms with Crippen LogP contribution in [-0.2, 0) is 0 Å². The summed E-state index contributed by atoms with van der Waals surface area (Å²) in [4.78, 5) is 0. The van der Waals surface area contributed by atoms with E-state index in [2.05, 4.69) is 25.1 Å². The number of nitrogen functional groups attached to an aromatic ring is 1. The summed E-state index contributed by atoms with van der Waals surface area (Å²) in [6, 6.07) is 14.3. The molecule has 0 atom stereocenters. The first-order valence-corrected chi connectivity index (χ1v) is 6.35. The Morgan fingerprint density at radius 2 is 1.78 bits per heavy atom. The summed E-state index contributed by atoms with van der Waals surface area (Å²) in [6.45, 7) is 2.08. The van der Waals surface area contributed by atoms with Crippen LogP contribution in [0.1, 0.15) is 18.4 Å². The largest absolute Gasteiger partial charge is 0.490 e. The summed E-state index contributed by atoms with van der Waals surface area (Å²) in [5.74, 6) is 0.951. The summed E-state index contributed by atoms with van der Waals surface area (Å²) in [5.41, 5.74) is 10.3. The van der Waals surface area contributed by atoms with Crippen molar-refractivity contribution in [3.05, 3.63) is 48.0 Å². The average molecular weight is 239 g/mol. The van der Waals surface area contributed by atoms with E-state index in [0.29, 0.717) is 6.10 Å². The predicted octanol–water partition coefficient (Wildman–Crippen LogP) is 3.79. The Hall–Kier alpha value is -1.96. The Bertz CT molecular complexity index is 556. The van der Waals surface area contributed by atoms with Gasteiger partial charge in [-0.2, -0.15) is 0 Å². The van der Waals surface area contributed by atoms with Crippen molar-refractivity contribution in [1.82, 2.24) is 0 Å². The number of rotatable bonds is 3. The molecule has 0 aliphatic heterocycles. The topological polar surface area (TPSA) is 35.2 Å².